The average molecular weight is 317 g/mol. The Morgan fingerprint density at radius 2 is 2.05 bits per heavy atom. The van der Waals surface area contributed by atoms with Gasteiger partial charge < -0.3 is 10.6 Å². The van der Waals surface area contributed by atoms with E-state index in [4.69, 9.17) is 0 Å². The number of hydrogen-bond donors (Lipinski definition) is 2. The van der Waals surface area contributed by atoms with E-state index in [9.17, 15) is 4.79 Å². The molecule has 0 aromatic carbocycles. The Morgan fingerprint density at radius 1 is 1.33 bits per heavy atom. The van der Waals surface area contributed by atoms with Crippen molar-refractivity contribution in [3.05, 3.63) is 0 Å². The molecule has 1 saturated heterocycles. The molecule has 1 aliphatic heterocycles. The molecule has 1 amide bonds. The van der Waals surface area contributed by atoms with Crippen molar-refractivity contribution < 1.29 is 4.79 Å². The monoisotopic (exact) mass is 316 g/mol. The minimum absolute atomic E-state index is 0. The number of rotatable bonds is 7. The van der Waals surface area contributed by atoms with Crippen LogP contribution >= 0.6 is 12.4 Å². The van der Waals surface area contributed by atoms with Crippen LogP contribution in [0.2, 0.25) is 0 Å². The van der Waals surface area contributed by atoms with Crippen molar-refractivity contribution in [3.63, 3.8) is 0 Å². The summed E-state index contributed by atoms with van der Waals surface area (Å²) in [4.78, 5) is 12.1. The predicted octanol–water partition coefficient (Wildman–Crippen LogP) is 3.38. The first-order valence-electron chi connectivity index (χ1n) is 8.48. The van der Waals surface area contributed by atoms with Gasteiger partial charge in [0.2, 0.25) is 5.91 Å². The Balaban J connectivity index is 0.00000220. The maximum absolute atomic E-state index is 12.1. The first kappa shape index (κ1) is 18.8. The van der Waals surface area contributed by atoms with E-state index in [-0.39, 0.29) is 18.3 Å². The van der Waals surface area contributed by atoms with Crippen LogP contribution in [0.15, 0.2) is 0 Å². The van der Waals surface area contributed by atoms with Gasteiger partial charge in [0.05, 0.1) is 0 Å². The van der Waals surface area contributed by atoms with Crippen LogP contribution in [0.4, 0.5) is 0 Å². The van der Waals surface area contributed by atoms with Crippen LogP contribution in [0.25, 0.3) is 0 Å². The standard InChI is InChI=1S/C17H32N2O.ClH/c1-13(2)10-17(6-7-17)12-19-16(20)9-14(3)15-5-4-8-18-11-15;/h13-15,18H,4-12H2,1-3H3,(H,19,20);1H. The molecule has 3 nitrogen and oxygen atoms in total. The number of amides is 1. The van der Waals surface area contributed by atoms with E-state index in [0.717, 1.165) is 25.6 Å². The highest BCUT2D eigenvalue weighted by Crippen LogP contribution is 2.50. The van der Waals surface area contributed by atoms with Gasteiger partial charge in [0.1, 0.15) is 0 Å². The average Bonchev–Trinajstić information content (AvgIpc) is 3.17. The number of piperidine rings is 1. The van der Waals surface area contributed by atoms with Gasteiger partial charge >= 0.3 is 0 Å². The van der Waals surface area contributed by atoms with E-state index in [1.807, 2.05) is 0 Å². The van der Waals surface area contributed by atoms with Gasteiger partial charge in [0, 0.05) is 13.0 Å². The molecule has 1 saturated carbocycles. The van der Waals surface area contributed by atoms with Crippen molar-refractivity contribution >= 4 is 18.3 Å². The van der Waals surface area contributed by atoms with E-state index >= 15 is 0 Å². The summed E-state index contributed by atoms with van der Waals surface area (Å²) in [5.41, 5.74) is 0.444. The number of halogens is 1. The van der Waals surface area contributed by atoms with Crippen molar-refractivity contribution in [2.24, 2.45) is 23.2 Å². The summed E-state index contributed by atoms with van der Waals surface area (Å²) in [7, 11) is 0. The first-order valence-corrected chi connectivity index (χ1v) is 8.48. The molecule has 0 aromatic heterocycles. The zero-order valence-corrected chi connectivity index (χ0v) is 14.7. The Kier molecular flexibility index (Phi) is 7.49. The fourth-order valence-corrected chi connectivity index (χ4v) is 3.68. The molecule has 2 fully saturated rings. The fourth-order valence-electron chi connectivity index (χ4n) is 3.68. The maximum atomic E-state index is 12.1. The van der Waals surface area contributed by atoms with Crippen molar-refractivity contribution in [2.45, 2.75) is 59.3 Å². The molecule has 1 heterocycles. The Morgan fingerprint density at radius 3 is 2.57 bits per heavy atom. The number of nitrogens with one attached hydrogen (secondary N) is 2. The SMILES string of the molecule is CC(C)CC1(CNC(=O)CC(C)C2CCCNC2)CC1.Cl. The lowest BCUT2D eigenvalue weighted by atomic mass is 9.85. The second kappa shape index (κ2) is 8.38. The molecule has 2 aliphatic rings. The third-order valence-corrected chi connectivity index (χ3v) is 5.11. The van der Waals surface area contributed by atoms with Gasteiger partial charge in [-0.25, -0.2) is 0 Å². The smallest absolute Gasteiger partial charge is 0.220 e. The topological polar surface area (TPSA) is 41.1 Å². The summed E-state index contributed by atoms with van der Waals surface area (Å²) in [6.07, 6.45) is 7.09. The van der Waals surface area contributed by atoms with Gasteiger partial charge in [-0.15, -0.1) is 12.4 Å². The van der Waals surface area contributed by atoms with Crippen LogP contribution in [0, 0.1) is 23.2 Å². The van der Waals surface area contributed by atoms with Crippen molar-refractivity contribution in [3.8, 4) is 0 Å². The predicted molar refractivity (Wildman–Crippen MR) is 90.8 cm³/mol. The maximum Gasteiger partial charge on any atom is 0.220 e. The highest BCUT2D eigenvalue weighted by atomic mass is 35.5. The number of carbonyl (C=O) groups excluding carboxylic acids is 1. The van der Waals surface area contributed by atoms with E-state index in [0.29, 0.717) is 23.7 Å². The van der Waals surface area contributed by atoms with E-state index < -0.39 is 0 Å². The second-order valence-corrected chi connectivity index (χ2v) is 7.66. The van der Waals surface area contributed by atoms with Crippen LogP contribution in [-0.2, 0) is 4.79 Å². The normalized spacial score (nSPS) is 25.0. The van der Waals surface area contributed by atoms with Gasteiger partial charge in [-0.2, -0.15) is 0 Å². The van der Waals surface area contributed by atoms with Crippen LogP contribution in [0.1, 0.15) is 59.3 Å². The second-order valence-electron chi connectivity index (χ2n) is 7.66. The Labute approximate surface area is 136 Å². The van der Waals surface area contributed by atoms with Crippen LogP contribution in [-0.4, -0.2) is 25.5 Å². The molecule has 124 valence electrons. The Hall–Kier alpha value is -0.280. The lowest BCUT2D eigenvalue weighted by molar-refractivity contribution is -0.122. The summed E-state index contributed by atoms with van der Waals surface area (Å²) in [6.45, 7) is 9.93. The van der Waals surface area contributed by atoms with Gasteiger partial charge in [0.15, 0.2) is 0 Å². The van der Waals surface area contributed by atoms with E-state index in [1.54, 1.807) is 0 Å². The largest absolute Gasteiger partial charge is 0.356 e. The van der Waals surface area contributed by atoms with Crippen LogP contribution in [0.3, 0.4) is 0 Å². The van der Waals surface area contributed by atoms with Crippen molar-refractivity contribution in [1.29, 1.82) is 0 Å². The lowest BCUT2D eigenvalue weighted by Gasteiger charge is -2.28. The highest BCUT2D eigenvalue weighted by Gasteiger charge is 2.42. The lowest BCUT2D eigenvalue weighted by Crippen LogP contribution is -2.37. The molecule has 21 heavy (non-hydrogen) atoms. The molecular formula is C17H33ClN2O. The highest BCUT2D eigenvalue weighted by molar-refractivity contribution is 5.85. The fraction of sp³-hybridized carbons (Fsp3) is 0.941. The summed E-state index contributed by atoms with van der Waals surface area (Å²) in [5, 5.41) is 6.65. The van der Waals surface area contributed by atoms with Gasteiger partial charge in [-0.3, -0.25) is 4.79 Å². The minimum atomic E-state index is 0. The number of hydrogen-bond acceptors (Lipinski definition) is 2. The molecule has 2 N–H and O–H groups in total. The molecule has 1 aliphatic carbocycles. The van der Waals surface area contributed by atoms with Crippen LogP contribution in [0.5, 0.6) is 0 Å². The van der Waals surface area contributed by atoms with Gasteiger partial charge in [0.25, 0.3) is 0 Å². The van der Waals surface area contributed by atoms with Gasteiger partial charge in [-0.1, -0.05) is 20.8 Å². The van der Waals surface area contributed by atoms with Crippen molar-refractivity contribution in [2.75, 3.05) is 19.6 Å². The quantitative estimate of drug-likeness (QED) is 0.756. The Bertz CT molecular complexity index is 323. The summed E-state index contributed by atoms with van der Waals surface area (Å²) < 4.78 is 0. The van der Waals surface area contributed by atoms with E-state index in [2.05, 4.69) is 31.4 Å². The third kappa shape index (κ3) is 6.15. The molecule has 2 rings (SSSR count). The first-order chi connectivity index (χ1) is 9.51. The molecule has 0 bridgehead atoms. The summed E-state index contributed by atoms with van der Waals surface area (Å²) in [6, 6.07) is 0. The number of carbonyl (C=O) groups is 1. The zero-order valence-electron chi connectivity index (χ0n) is 13.9. The summed E-state index contributed by atoms with van der Waals surface area (Å²) in [5.74, 6) is 2.18. The van der Waals surface area contributed by atoms with E-state index in [1.165, 1.54) is 32.1 Å². The molecular weight excluding hydrogens is 284 g/mol. The zero-order chi connectivity index (χ0) is 14.6. The molecule has 0 spiro atoms. The minimum Gasteiger partial charge on any atom is -0.356 e. The third-order valence-electron chi connectivity index (χ3n) is 5.11. The molecule has 2 atom stereocenters. The molecule has 2 unspecified atom stereocenters. The van der Waals surface area contributed by atoms with Crippen LogP contribution < -0.4 is 10.6 Å². The summed E-state index contributed by atoms with van der Waals surface area (Å²) >= 11 is 0. The molecule has 4 heteroatoms. The molecule has 0 radical (unpaired) electrons. The van der Waals surface area contributed by atoms with Crippen molar-refractivity contribution in [1.82, 2.24) is 10.6 Å². The van der Waals surface area contributed by atoms with Gasteiger partial charge in [-0.05, 0) is 68.4 Å². The molecule has 0 aromatic rings.